The molecule has 1 N–H and O–H groups in total. The number of benzene rings is 3. The van der Waals surface area contributed by atoms with Gasteiger partial charge in [0.1, 0.15) is 0 Å². The first-order valence-electron chi connectivity index (χ1n) is 6.89. The van der Waals surface area contributed by atoms with E-state index in [2.05, 4.69) is 47.8 Å². The second-order valence-electron chi connectivity index (χ2n) is 4.97. The van der Waals surface area contributed by atoms with Crippen LogP contribution in [0, 0.1) is 0 Å². The lowest BCUT2D eigenvalue weighted by Crippen LogP contribution is -2.05. The number of rotatable bonds is 4. The Balaban J connectivity index is 1.66. The molecule has 0 aliphatic rings. The van der Waals surface area contributed by atoms with Gasteiger partial charge in [-0.1, -0.05) is 59.6 Å². The molecular formula is C18H15Cl2N. The van der Waals surface area contributed by atoms with E-state index < -0.39 is 0 Å². The molecule has 0 amide bonds. The van der Waals surface area contributed by atoms with Crippen LogP contribution in [0.15, 0.2) is 60.7 Å². The second-order valence-corrected chi connectivity index (χ2v) is 5.82. The molecule has 0 heterocycles. The highest BCUT2D eigenvalue weighted by Gasteiger charge is 2.01. The van der Waals surface area contributed by atoms with Crippen LogP contribution in [-0.4, -0.2) is 6.54 Å². The van der Waals surface area contributed by atoms with Crippen molar-refractivity contribution >= 4 is 39.7 Å². The summed E-state index contributed by atoms with van der Waals surface area (Å²) in [7, 11) is 0. The molecule has 0 fully saturated rings. The summed E-state index contributed by atoms with van der Waals surface area (Å²) in [6.07, 6.45) is 0.864. The minimum atomic E-state index is 0.672. The molecule has 3 rings (SSSR count). The third kappa shape index (κ3) is 3.49. The van der Waals surface area contributed by atoms with Crippen LogP contribution >= 0.6 is 23.2 Å². The van der Waals surface area contributed by atoms with Crippen molar-refractivity contribution in [3.63, 3.8) is 0 Å². The van der Waals surface area contributed by atoms with Gasteiger partial charge in [0.05, 0.1) is 0 Å². The molecular weight excluding hydrogens is 301 g/mol. The Labute approximate surface area is 134 Å². The predicted octanol–water partition coefficient (Wildman–Crippen LogP) is 5.80. The van der Waals surface area contributed by atoms with Gasteiger partial charge < -0.3 is 5.32 Å². The predicted molar refractivity (Wildman–Crippen MR) is 92.6 cm³/mol. The highest BCUT2D eigenvalue weighted by atomic mass is 35.5. The van der Waals surface area contributed by atoms with Crippen molar-refractivity contribution in [1.82, 2.24) is 0 Å². The molecule has 0 radical (unpaired) electrons. The van der Waals surface area contributed by atoms with Crippen LogP contribution in [0.25, 0.3) is 10.8 Å². The highest BCUT2D eigenvalue weighted by molar-refractivity contribution is 6.35. The fourth-order valence-electron chi connectivity index (χ4n) is 2.37. The normalized spacial score (nSPS) is 10.8. The second kappa shape index (κ2) is 6.38. The van der Waals surface area contributed by atoms with Crippen LogP contribution in [0.5, 0.6) is 0 Å². The summed E-state index contributed by atoms with van der Waals surface area (Å²) in [5, 5.41) is 7.33. The molecule has 106 valence electrons. The summed E-state index contributed by atoms with van der Waals surface area (Å²) in [5.41, 5.74) is 2.23. The molecule has 0 bridgehead atoms. The minimum Gasteiger partial charge on any atom is -0.385 e. The average molecular weight is 316 g/mol. The van der Waals surface area contributed by atoms with E-state index in [9.17, 15) is 0 Å². The molecule has 0 saturated heterocycles. The van der Waals surface area contributed by atoms with Crippen LogP contribution in [0.3, 0.4) is 0 Å². The van der Waals surface area contributed by atoms with Gasteiger partial charge in [-0.15, -0.1) is 0 Å². The van der Waals surface area contributed by atoms with E-state index in [-0.39, 0.29) is 0 Å². The first-order chi connectivity index (χ1) is 10.2. The van der Waals surface area contributed by atoms with Gasteiger partial charge >= 0.3 is 0 Å². The van der Waals surface area contributed by atoms with Crippen LogP contribution in [-0.2, 0) is 6.42 Å². The largest absolute Gasteiger partial charge is 0.385 e. The molecule has 21 heavy (non-hydrogen) atoms. The molecule has 0 atom stereocenters. The average Bonchev–Trinajstić information content (AvgIpc) is 2.49. The van der Waals surface area contributed by atoms with E-state index in [1.54, 1.807) is 6.07 Å². The van der Waals surface area contributed by atoms with Gasteiger partial charge in [-0.2, -0.15) is 0 Å². The number of hydrogen-bond donors (Lipinski definition) is 1. The van der Waals surface area contributed by atoms with E-state index >= 15 is 0 Å². The van der Waals surface area contributed by atoms with Crippen molar-refractivity contribution in [2.75, 3.05) is 11.9 Å². The summed E-state index contributed by atoms with van der Waals surface area (Å²) >= 11 is 12.1. The van der Waals surface area contributed by atoms with Gasteiger partial charge in [-0.05, 0) is 47.0 Å². The maximum Gasteiger partial charge on any atom is 0.0453 e. The van der Waals surface area contributed by atoms with Crippen molar-refractivity contribution < 1.29 is 0 Å². The molecule has 3 heteroatoms. The lowest BCUT2D eigenvalue weighted by molar-refractivity contribution is 1.02. The fraction of sp³-hybridized carbons (Fsp3) is 0.111. The Morgan fingerprint density at radius 1 is 0.810 bits per heavy atom. The Hall–Kier alpha value is -1.70. The summed E-state index contributed by atoms with van der Waals surface area (Å²) in [6.45, 7) is 0.833. The van der Waals surface area contributed by atoms with Crippen LogP contribution in [0.1, 0.15) is 5.56 Å². The molecule has 3 aromatic rings. The maximum atomic E-state index is 6.18. The quantitative estimate of drug-likeness (QED) is 0.641. The van der Waals surface area contributed by atoms with Crippen molar-refractivity contribution in [2.45, 2.75) is 6.42 Å². The third-order valence-corrected chi connectivity index (χ3v) is 4.07. The third-order valence-electron chi connectivity index (χ3n) is 3.49. The van der Waals surface area contributed by atoms with E-state index in [1.807, 2.05) is 12.1 Å². The molecule has 0 aliphatic heterocycles. The Morgan fingerprint density at radius 3 is 2.43 bits per heavy atom. The van der Waals surface area contributed by atoms with Crippen molar-refractivity contribution in [1.29, 1.82) is 0 Å². The van der Waals surface area contributed by atoms with Gasteiger partial charge in [0.2, 0.25) is 0 Å². The molecule has 0 aliphatic carbocycles. The van der Waals surface area contributed by atoms with Gasteiger partial charge in [0, 0.05) is 22.3 Å². The van der Waals surface area contributed by atoms with E-state index in [0.29, 0.717) is 5.02 Å². The first kappa shape index (κ1) is 14.2. The standard InChI is InChI=1S/C18H15Cl2N/c19-16-7-5-14(18(20)12-16)9-10-21-17-8-6-13-3-1-2-4-15(13)11-17/h1-8,11-12,21H,9-10H2. The first-order valence-corrected chi connectivity index (χ1v) is 7.64. The maximum absolute atomic E-state index is 6.18. The Morgan fingerprint density at radius 2 is 1.62 bits per heavy atom. The summed E-state index contributed by atoms with van der Waals surface area (Å²) < 4.78 is 0. The lowest BCUT2D eigenvalue weighted by Gasteiger charge is -2.09. The Kier molecular flexibility index (Phi) is 4.33. The smallest absolute Gasteiger partial charge is 0.0453 e. The zero-order valence-electron chi connectivity index (χ0n) is 11.4. The molecule has 0 spiro atoms. The van der Waals surface area contributed by atoms with Crippen molar-refractivity contribution in [3.05, 3.63) is 76.3 Å². The van der Waals surface area contributed by atoms with Gasteiger partial charge in [-0.3, -0.25) is 0 Å². The van der Waals surface area contributed by atoms with Gasteiger partial charge in [-0.25, -0.2) is 0 Å². The molecule has 0 aromatic heterocycles. The molecule has 0 unspecified atom stereocenters. The summed E-state index contributed by atoms with van der Waals surface area (Å²) in [6, 6.07) is 20.4. The van der Waals surface area contributed by atoms with E-state index in [0.717, 1.165) is 29.2 Å². The van der Waals surface area contributed by atoms with Crippen LogP contribution in [0.4, 0.5) is 5.69 Å². The highest BCUT2D eigenvalue weighted by Crippen LogP contribution is 2.22. The summed E-state index contributed by atoms with van der Waals surface area (Å²) in [5.74, 6) is 0. The van der Waals surface area contributed by atoms with Crippen molar-refractivity contribution in [3.8, 4) is 0 Å². The molecule has 0 saturated carbocycles. The lowest BCUT2D eigenvalue weighted by atomic mass is 10.1. The number of halogens is 2. The zero-order valence-corrected chi connectivity index (χ0v) is 13.0. The molecule has 3 aromatic carbocycles. The van der Waals surface area contributed by atoms with Crippen LogP contribution in [0.2, 0.25) is 10.0 Å². The fourth-order valence-corrected chi connectivity index (χ4v) is 2.87. The monoisotopic (exact) mass is 315 g/mol. The number of fused-ring (bicyclic) bond motifs is 1. The zero-order chi connectivity index (χ0) is 14.7. The Bertz CT molecular complexity index is 768. The van der Waals surface area contributed by atoms with E-state index in [4.69, 9.17) is 23.2 Å². The summed E-state index contributed by atoms with van der Waals surface area (Å²) in [4.78, 5) is 0. The van der Waals surface area contributed by atoms with E-state index in [1.165, 1.54) is 10.8 Å². The molecule has 1 nitrogen and oxygen atoms in total. The van der Waals surface area contributed by atoms with Crippen molar-refractivity contribution in [2.24, 2.45) is 0 Å². The minimum absolute atomic E-state index is 0.672. The SMILES string of the molecule is Clc1ccc(CCNc2ccc3ccccc3c2)c(Cl)c1. The number of nitrogens with one attached hydrogen (secondary N) is 1. The van der Waals surface area contributed by atoms with Gasteiger partial charge in [0.15, 0.2) is 0 Å². The number of anilines is 1. The topological polar surface area (TPSA) is 12.0 Å². The number of hydrogen-bond acceptors (Lipinski definition) is 1. The van der Waals surface area contributed by atoms with Gasteiger partial charge in [0.25, 0.3) is 0 Å². The van der Waals surface area contributed by atoms with Crippen LogP contribution < -0.4 is 5.32 Å².